The number of aromatic nitrogens is 2. The Morgan fingerprint density at radius 3 is 2.89 bits per heavy atom. The molecule has 0 aliphatic carbocycles. The Kier molecular flexibility index (Phi) is 6.53. The molecule has 1 aromatic heterocycles. The topological polar surface area (TPSA) is 158 Å². The number of urea groups is 1. The molecule has 7 N–H and O–H groups in total. The van der Waals surface area contributed by atoms with Gasteiger partial charge in [-0.3, -0.25) is 10.1 Å². The Labute approximate surface area is 155 Å². The highest BCUT2D eigenvalue weighted by molar-refractivity contribution is 5.91. The molecule has 2 aromatic rings. The largest absolute Gasteiger partial charge is 0.480 e. The summed E-state index contributed by atoms with van der Waals surface area (Å²) in [7, 11) is 0. The van der Waals surface area contributed by atoms with Gasteiger partial charge in [-0.05, 0) is 30.2 Å². The molecule has 0 radical (unpaired) electrons. The zero-order valence-electron chi connectivity index (χ0n) is 14.7. The van der Waals surface area contributed by atoms with Crippen molar-refractivity contribution in [2.24, 2.45) is 10.7 Å². The minimum Gasteiger partial charge on any atom is -0.480 e. The molecule has 2 amide bonds. The van der Waals surface area contributed by atoms with Crippen LogP contribution in [0.3, 0.4) is 0 Å². The van der Waals surface area contributed by atoms with Crippen LogP contribution in [0.2, 0.25) is 0 Å². The highest BCUT2D eigenvalue weighted by atomic mass is 16.4. The number of allylic oxidation sites excluding steroid dienone is 2. The molecular formula is C17H21N7O3. The monoisotopic (exact) mass is 371 g/mol. The molecule has 0 saturated heterocycles. The van der Waals surface area contributed by atoms with Crippen LogP contribution in [0.1, 0.15) is 12.5 Å². The maximum absolute atomic E-state index is 11.6. The number of anilines is 1. The number of guanidine groups is 1. The average Bonchev–Trinajstić information content (AvgIpc) is 3.02. The van der Waals surface area contributed by atoms with E-state index in [9.17, 15) is 9.59 Å². The summed E-state index contributed by atoms with van der Waals surface area (Å²) < 4.78 is 0. The summed E-state index contributed by atoms with van der Waals surface area (Å²) in [6.07, 6.45) is 3.18. The Morgan fingerprint density at radius 2 is 2.22 bits per heavy atom. The average molecular weight is 371 g/mol. The van der Waals surface area contributed by atoms with Gasteiger partial charge in [0.1, 0.15) is 6.54 Å². The van der Waals surface area contributed by atoms with Crippen LogP contribution in [0.25, 0.3) is 16.6 Å². The van der Waals surface area contributed by atoms with E-state index in [0.717, 1.165) is 11.1 Å². The molecule has 0 aliphatic rings. The van der Waals surface area contributed by atoms with E-state index < -0.39 is 12.5 Å². The summed E-state index contributed by atoms with van der Waals surface area (Å²) in [5, 5.41) is 16.5. The van der Waals surface area contributed by atoms with Crippen molar-refractivity contribution >= 4 is 40.5 Å². The molecule has 0 fully saturated rings. The number of benzene rings is 1. The van der Waals surface area contributed by atoms with E-state index in [4.69, 9.17) is 10.8 Å². The zero-order chi connectivity index (χ0) is 19.8. The number of nitrogens with zero attached hydrogens (tertiary/aromatic N) is 2. The Bertz CT molecular complexity index is 914. The fraction of sp³-hybridized carbons (Fsp3) is 0.176. The standard InChI is InChI=1S/C17H21N7O3/c1-3-10(8-20-15(18)21-9-14(25)26)11-5-6-12-13(7-11)23-16(22-12)24-17(27)19-4-2/h3,5-8H,1,4,9H2,2H3,(H,25,26)(H3,18,20,21)(H3,19,22,23,24,27)/b10-8+. The predicted molar refractivity (Wildman–Crippen MR) is 104 cm³/mol. The second-order valence-corrected chi connectivity index (χ2v) is 5.35. The van der Waals surface area contributed by atoms with Gasteiger partial charge in [-0.1, -0.05) is 18.7 Å². The lowest BCUT2D eigenvalue weighted by molar-refractivity contribution is -0.135. The van der Waals surface area contributed by atoms with E-state index in [1.54, 1.807) is 18.3 Å². The highest BCUT2D eigenvalue weighted by Gasteiger charge is 2.08. The first-order chi connectivity index (χ1) is 12.9. The van der Waals surface area contributed by atoms with Crippen LogP contribution in [0.4, 0.5) is 10.7 Å². The number of amides is 2. The predicted octanol–water partition coefficient (Wildman–Crippen LogP) is 1.22. The number of carboxylic acid groups (broad SMARTS) is 1. The molecule has 0 atom stereocenters. The maximum atomic E-state index is 11.6. The first-order valence-corrected chi connectivity index (χ1v) is 8.08. The molecule has 27 heavy (non-hydrogen) atoms. The van der Waals surface area contributed by atoms with E-state index in [-0.39, 0.29) is 12.0 Å². The molecule has 10 heteroatoms. The molecule has 0 aliphatic heterocycles. The lowest BCUT2D eigenvalue weighted by atomic mass is 10.1. The number of rotatable bonds is 7. The normalized spacial score (nSPS) is 11.9. The van der Waals surface area contributed by atoms with Gasteiger partial charge in [0.05, 0.1) is 11.0 Å². The number of carboxylic acids is 1. The molecule has 10 nitrogen and oxygen atoms in total. The van der Waals surface area contributed by atoms with E-state index in [2.05, 4.69) is 37.5 Å². The third-order valence-corrected chi connectivity index (χ3v) is 3.36. The number of imidazole rings is 1. The number of fused-ring (bicyclic) bond motifs is 1. The van der Waals surface area contributed by atoms with Crippen LogP contribution in [0, 0.1) is 0 Å². The van der Waals surface area contributed by atoms with Gasteiger partial charge in [-0.15, -0.1) is 0 Å². The van der Waals surface area contributed by atoms with Crippen LogP contribution in [-0.2, 0) is 4.79 Å². The smallest absolute Gasteiger partial charge is 0.325 e. The van der Waals surface area contributed by atoms with Gasteiger partial charge in [0.2, 0.25) is 5.95 Å². The van der Waals surface area contributed by atoms with Gasteiger partial charge >= 0.3 is 12.0 Å². The Balaban J connectivity index is 2.19. The number of aromatic amines is 1. The molecule has 2 rings (SSSR count). The second kappa shape index (κ2) is 9.04. The van der Waals surface area contributed by atoms with Crippen LogP contribution in [0.15, 0.2) is 42.0 Å². The lowest BCUT2D eigenvalue weighted by Crippen LogP contribution is -2.28. The van der Waals surface area contributed by atoms with Crippen molar-refractivity contribution in [3.8, 4) is 0 Å². The fourth-order valence-corrected chi connectivity index (χ4v) is 2.17. The molecule has 0 unspecified atom stereocenters. The SMILES string of the molecule is C=C/C(=C\NC(N)=NCC(=O)O)c1ccc2nc(NC(=O)NCC)[nH]c2c1. The summed E-state index contributed by atoms with van der Waals surface area (Å²) in [5.41, 5.74) is 8.52. The van der Waals surface area contributed by atoms with Crippen LogP contribution >= 0.6 is 0 Å². The molecule has 0 saturated carbocycles. The van der Waals surface area contributed by atoms with Crippen molar-refractivity contribution in [1.82, 2.24) is 20.6 Å². The van der Waals surface area contributed by atoms with Crippen molar-refractivity contribution < 1.29 is 14.7 Å². The summed E-state index contributed by atoms with van der Waals surface area (Å²) in [4.78, 5) is 33.0. The number of hydrogen-bond donors (Lipinski definition) is 6. The summed E-state index contributed by atoms with van der Waals surface area (Å²) in [6.45, 7) is 5.67. The minimum absolute atomic E-state index is 0.0206. The van der Waals surface area contributed by atoms with Gasteiger partial charge < -0.3 is 26.5 Å². The zero-order valence-corrected chi connectivity index (χ0v) is 14.7. The summed E-state index contributed by atoms with van der Waals surface area (Å²) in [6, 6.07) is 5.12. The van der Waals surface area contributed by atoms with Gasteiger partial charge in [-0.25, -0.2) is 14.8 Å². The Hall–Kier alpha value is -3.82. The maximum Gasteiger partial charge on any atom is 0.325 e. The number of nitrogens with one attached hydrogen (secondary N) is 4. The van der Waals surface area contributed by atoms with Gasteiger partial charge in [0.15, 0.2) is 5.96 Å². The second-order valence-electron chi connectivity index (χ2n) is 5.35. The number of H-pyrrole nitrogens is 1. The van der Waals surface area contributed by atoms with Gasteiger partial charge in [-0.2, -0.15) is 0 Å². The molecule has 1 heterocycles. The van der Waals surface area contributed by atoms with Crippen LogP contribution in [-0.4, -0.2) is 46.1 Å². The molecular weight excluding hydrogens is 350 g/mol. The van der Waals surface area contributed by atoms with Crippen LogP contribution in [0.5, 0.6) is 0 Å². The van der Waals surface area contributed by atoms with Crippen molar-refractivity contribution in [2.45, 2.75) is 6.92 Å². The summed E-state index contributed by atoms with van der Waals surface area (Å²) in [5.74, 6) is -0.761. The molecule has 0 spiro atoms. The quantitative estimate of drug-likeness (QED) is 0.244. The van der Waals surface area contributed by atoms with E-state index >= 15 is 0 Å². The minimum atomic E-state index is -1.07. The number of nitrogens with two attached hydrogens (primary N) is 1. The summed E-state index contributed by atoms with van der Waals surface area (Å²) >= 11 is 0. The van der Waals surface area contributed by atoms with E-state index in [1.807, 2.05) is 19.1 Å². The number of carbonyl (C=O) groups excluding carboxylic acids is 1. The first kappa shape index (κ1) is 19.5. The number of aliphatic carboxylic acids is 1. The number of aliphatic imine (C=N–C) groups is 1. The van der Waals surface area contributed by atoms with Gasteiger partial charge in [0, 0.05) is 12.7 Å². The Morgan fingerprint density at radius 1 is 1.44 bits per heavy atom. The molecule has 0 bridgehead atoms. The van der Waals surface area contributed by atoms with Crippen molar-refractivity contribution in [1.29, 1.82) is 0 Å². The molecule has 1 aromatic carbocycles. The number of hydrogen-bond acceptors (Lipinski definition) is 4. The van der Waals surface area contributed by atoms with Gasteiger partial charge in [0.25, 0.3) is 0 Å². The molecule has 142 valence electrons. The fourth-order valence-electron chi connectivity index (χ4n) is 2.17. The van der Waals surface area contributed by atoms with Crippen molar-refractivity contribution in [2.75, 3.05) is 18.4 Å². The number of carbonyl (C=O) groups is 2. The van der Waals surface area contributed by atoms with E-state index in [1.165, 1.54) is 0 Å². The van der Waals surface area contributed by atoms with Crippen molar-refractivity contribution in [3.63, 3.8) is 0 Å². The lowest BCUT2D eigenvalue weighted by Gasteiger charge is -2.05. The third kappa shape index (κ3) is 5.59. The highest BCUT2D eigenvalue weighted by Crippen LogP contribution is 2.21. The van der Waals surface area contributed by atoms with E-state index in [0.29, 0.717) is 23.6 Å². The first-order valence-electron chi connectivity index (χ1n) is 8.08. The van der Waals surface area contributed by atoms with Crippen LogP contribution < -0.4 is 21.7 Å². The third-order valence-electron chi connectivity index (χ3n) is 3.36. The van der Waals surface area contributed by atoms with Crippen molar-refractivity contribution in [3.05, 3.63) is 42.6 Å².